The molecule has 0 spiro atoms. The third kappa shape index (κ3) is 3.53. The highest BCUT2D eigenvalue weighted by molar-refractivity contribution is 5.80. The van der Waals surface area contributed by atoms with Gasteiger partial charge in [-0.3, -0.25) is 0 Å². The molecule has 1 heterocycles. The zero-order chi connectivity index (χ0) is 18.9. The number of allylic oxidation sites excluding steroid dienone is 3. The fourth-order valence-corrected chi connectivity index (χ4v) is 3.13. The second kappa shape index (κ2) is 7.10. The summed E-state index contributed by atoms with van der Waals surface area (Å²) in [6.07, 6.45) is 2.04. The van der Waals surface area contributed by atoms with E-state index in [1.54, 1.807) is 21.1 Å². The van der Waals surface area contributed by atoms with Gasteiger partial charge in [-0.05, 0) is 64.2 Å². The van der Waals surface area contributed by atoms with E-state index in [1.807, 2.05) is 58.1 Å². The molecular weight excluding hydrogens is 316 g/mol. The van der Waals surface area contributed by atoms with Gasteiger partial charge in [-0.15, -0.1) is 0 Å². The minimum atomic E-state index is -0.980. The highest BCUT2D eigenvalue weighted by atomic mass is 16.5. The van der Waals surface area contributed by atoms with Crippen LogP contribution in [0.5, 0.6) is 11.5 Å². The Morgan fingerprint density at radius 1 is 1.12 bits per heavy atom. The average molecular weight is 346 g/mol. The van der Waals surface area contributed by atoms with Crippen LogP contribution in [0.2, 0.25) is 0 Å². The van der Waals surface area contributed by atoms with Crippen molar-refractivity contribution in [2.24, 2.45) is 0 Å². The lowest BCUT2D eigenvalue weighted by atomic mass is 9.91. The van der Waals surface area contributed by atoms with Crippen LogP contribution in [0.1, 0.15) is 31.9 Å². The van der Waals surface area contributed by atoms with E-state index >= 15 is 0 Å². The molecule has 5 nitrogen and oxygen atoms in total. The van der Waals surface area contributed by atoms with Crippen LogP contribution < -0.4 is 9.47 Å². The number of nitrogens with zero attached hydrogens (tertiary/aromatic N) is 2. The number of likely N-dealkylation sites (N-methyl/N-ethyl adjacent to an activating group) is 1. The van der Waals surface area contributed by atoms with Crippen LogP contribution in [-0.4, -0.2) is 56.0 Å². The highest BCUT2D eigenvalue weighted by Crippen LogP contribution is 2.40. The molecular formula is C20H30N2O3. The molecule has 1 aliphatic heterocycles. The summed E-state index contributed by atoms with van der Waals surface area (Å²) in [4.78, 5) is 3.98. The monoisotopic (exact) mass is 346 g/mol. The summed E-state index contributed by atoms with van der Waals surface area (Å²) in [5, 5.41) is 10.7. The normalized spacial score (nSPS) is 20.9. The Labute approximate surface area is 151 Å². The largest absolute Gasteiger partial charge is 0.496 e. The second-order valence-corrected chi connectivity index (χ2v) is 7.00. The Hall–Kier alpha value is -1.98. The highest BCUT2D eigenvalue weighted by Gasteiger charge is 2.33. The predicted molar refractivity (Wildman–Crippen MR) is 102 cm³/mol. The average Bonchev–Trinajstić information content (AvgIpc) is 2.56. The molecule has 1 atom stereocenters. The number of rotatable bonds is 5. The van der Waals surface area contributed by atoms with Crippen LogP contribution in [0.25, 0.3) is 5.57 Å². The van der Waals surface area contributed by atoms with Gasteiger partial charge in [0.15, 0.2) is 5.72 Å². The first kappa shape index (κ1) is 19.3. The van der Waals surface area contributed by atoms with Crippen molar-refractivity contribution in [2.75, 3.05) is 35.4 Å². The van der Waals surface area contributed by atoms with E-state index in [-0.39, 0.29) is 0 Å². The molecule has 1 aromatic carbocycles. The Bertz CT molecular complexity index is 693. The van der Waals surface area contributed by atoms with Crippen LogP contribution in [0.15, 0.2) is 29.5 Å². The summed E-state index contributed by atoms with van der Waals surface area (Å²) < 4.78 is 11.3. The van der Waals surface area contributed by atoms with Crippen molar-refractivity contribution in [3.05, 3.63) is 40.6 Å². The third-order valence-corrected chi connectivity index (χ3v) is 5.05. The van der Waals surface area contributed by atoms with Gasteiger partial charge >= 0.3 is 0 Å². The summed E-state index contributed by atoms with van der Waals surface area (Å²) in [7, 11) is 9.30. The first-order chi connectivity index (χ1) is 11.6. The molecule has 0 saturated heterocycles. The molecule has 1 N–H and O–H groups in total. The van der Waals surface area contributed by atoms with Crippen molar-refractivity contribution < 1.29 is 14.6 Å². The summed E-state index contributed by atoms with van der Waals surface area (Å²) in [5.74, 6) is 1.60. The SMILES string of the molecule is COc1cc(C2=C(C)N(C)C(C)(O)C(C)=C2)cc(OC)c1CN(C)C. The molecule has 1 aromatic rings. The number of hydrogen-bond acceptors (Lipinski definition) is 5. The first-order valence-electron chi connectivity index (χ1n) is 8.39. The lowest BCUT2D eigenvalue weighted by Crippen LogP contribution is -2.45. The summed E-state index contributed by atoms with van der Waals surface area (Å²) in [6.45, 7) is 6.49. The van der Waals surface area contributed by atoms with E-state index < -0.39 is 5.72 Å². The van der Waals surface area contributed by atoms with Gasteiger partial charge in [0, 0.05) is 24.9 Å². The van der Waals surface area contributed by atoms with E-state index in [0.717, 1.165) is 46.0 Å². The van der Waals surface area contributed by atoms with Gasteiger partial charge in [0.1, 0.15) is 11.5 Å². The molecule has 1 aliphatic rings. The molecule has 138 valence electrons. The number of methoxy groups -OCH3 is 2. The number of ether oxygens (including phenoxy) is 2. The van der Waals surface area contributed by atoms with Crippen LogP contribution in [0, 0.1) is 0 Å². The molecule has 0 aliphatic carbocycles. The molecule has 1 unspecified atom stereocenters. The fourth-order valence-electron chi connectivity index (χ4n) is 3.13. The van der Waals surface area contributed by atoms with E-state index in [2.05, 4.69) is 4.90 Å². The van der Waals surface area contributed by atoms with Crippen molar-refractivity contribution >= 4 is 5.57 Å². The minimum Gasteiger partial charge on any atom is -0.496 e. The van der Waals surface area contributed by atoms with Crippen molar-refractivity contribution in [2.45, 2.75) is 33.0 Å². The van der Waals surface area contributed by atoms with Crippen LogP contribution in [-0.2, 0) is 6.54 Å². The number of benzene rings is 1. The van der Waals surface area contributed by atoms with Crippen molar-refractivity contribution in [3.63, 3.8) is 0 Å². The maximum absolute atomic E-state index is 10.7. The number of hydrogen-bond donors (Lipinski definition) is 1. The zero-order valence-corrected chi connectivity index (χ0v) is 16.6. The summed E-state index contributed by atoms with van der Waals surface area (Å²) in [5.41, 5.74) is 4.00. The maximum Gasteiger partial charge on any atom is 0.156 e. The Morgan fingerprint density at radius 2 is 1.64 bits per heavy atom. The number of aliphatic hydroxyl groups is 1. The van der Waals surface area contributed by atoms with Crippen LogP contribution in [0.4, 0.5) is 0 Å². The zero-order valence-electron chi connectivity index (χ0n) is 16.6. The van der Waals surface area contributed by atoms with Gasteiger partial charge in [0.25, 0.3) is 0 Å². The van der Waals surface area contributed by atoms with Gasteiger partial charge in [-0.25, -0.2) is 0 Å². The first-order valence-corrected chi connectivity index (χ1v) is 8.39. The minimum absolute atomic E-state index is 0.730. The van der Waals surface area contributed by atoms with Crippen molar-refractivity contribution in [3.8, 4) is 11.5 Å². The van der Waals surface area contributed by atoms with Gasteiger partial charge in [-0.2, -0.15) is 0 Å². The van der Waals surface area contributed by atoms with Crippen LogP contribution in [0.3, 0.4) is 0 Å². The lowest BCUT2D eigenvalue weighted by molar-refractivity contribution is -0.0274. The Kier molecular flexibility index (Phi) is 5.49. The van der Waals surface area contributed by atoms with E-state index in [0.29, 0.717) is 0 Å². The molecule has 5 heteroatoms. The molecule has 0 bridgehead atoms. The van der Waals surface area contributed by atoms with Crippen molar-refractivity contribution in [1.82, 2.24) is 9.80 Å². The molecule has 0 amide bonds. The topological polar surface area (TPSA) is 45.2 Å². The predicted octanol–water partition coefficient (Wildman–Crippen LogP) is 3.10. The van der Waals surface area contributed by atoms with Gasteiger partial charge in [-0.1, -0.05) is 0 Å². The molecule has 0 fully saturated rings. The quantitative estimate of drug-likeness (QED) is 0.888. The van der Waals surface area contributed by atoms with Gasteiger partial charge in [0.2, 0.25) is 0 Å². The van der Waals surface area contributed by atoms with E-state index in [9.17, 15) is 5.11 Å². The second-order valence-electron chi connectivity index (χ2n) is 7.00. The molecule has 25 heavy (non-hydrogen) atoms. The van der Waals surface area contributed by atoms with Crippen molar-refractivity contribution in [1.29, 1.82) is 0 Å². The van der Waals surface area contributed by atoms with Crippen LogP contribution >= 0.6 is 0 Å². The molecule has 0 aromatic heterocycles. The summed E-state index contributed by atoms with van der Waals surface area (Å²) in [6, 6.07) is 4.08. The fraction of sp³-hybridized carbons (Fsp3) is 0.500. The van der Waals surface area contributed by atoms with Gasteiger partial charge < -0.3 is 24.4 Å². The molecule has 0 saturated carbocycles. The molecule has 0 radical (unpaired) electrons. The smallest absolute Gasteiger partial charge is 0.156 e. The Morgan fingerprint density at radius 3 is 2.08 bits per heavy atom. The lowest BCUT2D eigenvalue weighted by Gasteiger charge is -2.41. The molecule has 2 rings (SSSR count). The third-order valence-electron chi connectivity index (χ3n) is 5.05. The van der Waals surface area contributed by atoms with E-state index in [1.165, 1.54) is 0 Å². The standard InChI is InChI=1S/C20H30N2O3/c1-13-9-16(14(2)22(6)20(13,3)23)15-10-18(24-7)17(12-21(4)5)19(11-15)25-8/h9-11,23H,12H2,1-8H3. The van der Waals surface area contributed by atoms with Gasteiger partial charge in [0.05, 0.1) is 19.8 Å². The summed E-state index contributed by atoms with van der Waals surface area (Å²) >= 11 is 0. The maximum atomic E-state index is 10.7. The Balaban J connectivity index is 2.63. The van der Waals surface area contributed by atoms with E-state index in [4.69, 9.17) is 9.47 Å².